The summed E-state index contributed by atoms with van der Waals surface area (Å²) in [6.45, 7) is 7.61. The van der Waals surface area contributed by atoms with Crippen molar-refractivity contribution in [3.8, 4) is 5.75 Å². The van der Waals surface area contributed by atoms with Gasteiger partial charge in [-0.15, -0.1) is 0 Å². The quantitative estimate of drug-likeness (QED) is 0.889. The first-order chi connectivity index (χ1) is 9.76. The van der Waals surface area contributed by atoms with E-state index in [1.807, 2.05) is 0 Å². The maximum absolute atomic E-state index is 5.68. The maximum atomic E-state index is 5.68. The molecule has 20 heavy (non-hydrogen) atoms. The van der Waals surface area contributed by atoms with Crippen molar-refractivity contribution in [3.05, 3.63) is 6.33 Å². The van der Waals surface area contributed by atoms with Crippen molar-refractivity contribution >= 4 is 11.6 Å². The molecule has 0 amide bonds. The van der Waals surface area contributed by atoms with Gasteiger partial charge in [0.2, 0.25) is 5.75 Å². The molecule has 0 radical (unpaired) electrons. The van der Waals surface area contributed by atoms with E-state index in [4.69, 9.17) is 9.47 Å². The van der Waals surface area contributed by atoms with Crippen LogP contribution >= 0.6 is 0 Å². The molecule has 112 valence electrons. The Labute approximate surface area is 120 Å². The molecule has 0 saturated carbocycles. The smallest absolute Gasteiger partial charge is 0.204 e. The summed E-state index contributed by atoms with van der Waals surface area (Å²) >= 11 is 0. The molecule has 2 heterocycles. The standard InChI is InChI=1S/C14H24N4O2/c1-4-6-15-13-12(19-3)14(17-10-16-13)18-7-5-8-20-11(2)9-18/h10-11H,4-9H2,1-3H3,(H,15,16,17). The van der Waals surface area contributed by atoms with Crippen LogP contribution in [0.3, 0.4) is 0 Å². The number of hydrogen-bond donors (Lipinski definition) is 1. The van der Waals surface area contributed by atoms with E-state index in [1.165, 1.54) is 0 Å². The highest BCUT2D eigenvalue weighted by Gasteiger charge is 2.22. The molecule has 1 N–H and O–H groups in total. The van der Waals surface area contributed by atoms with E-state index in [0.717, 1.165) is 56.5 Å². The van der Waals surface area contributed by atoms with Crippen LogP contribution in [-0.2, 0) is 4.74 Å². The van der Waals surface area contributed by atoms with Crippen molar-refractivity contribution in [2.45, 2.75) is 32.8 Å². The zero-order valence-electron chi connectivity index (χ0n) is 12.6. The Morgan fingerprint density at radius 3 is 3.10 bits per heavy atom. The van der Waals surface area contributed by atoms with Gasteiger partial charge in [0.15, 0.2) is 11.6 Å². The lowest BCUT2D eigenvalue weighted by Gasteiger charge is -2.25. The molecule has 1 unspecified atom stereocenters. The molecule has 1 aliphatic heterocycles. The number of nitrogens with one attached hydrogen (secondary N) is 1. The predicted molar refractivity (Wildman–Crippen MR) is 79.6 cm³/mol. The van der Waals surface area contributed by atoms with Gasteiger partial charge in [-0.1, -0.05) is 6.92 Å². The van der Waals surface area contributed by atoms with E-state index in [1.54, 1.807) is 13.4 Å². The number of aromatic nitrogens is 2. The van der Waals surface area contributed by atoms with Gasteiger partial charge in [0, 0.05) is 26.2 Å². The van der Waals surface area contributed by atoms with Gasteiger partial charge in [0.1, 0.15) is 6.33 Å². The van der Waals surface area contributed by atoms with Crippen molar-refractivity contribution in [2.75, 3.05) is 43.6 Å². The van der Waals surface area contributed by atoms with Crippen molar-refractivity contribution < 1.29 is 9.47 Å². The normalized spacial score (nSPS) is 19.6. The van der Waals surface area contributed by atoms with Crippen molar-refractivity contribution in [2.24, 2.45) is 0 Å². The molecule has 0 bridgehead atoms. The largest absolute Gasteiger partial charge is 0.490 e. The van der Waals surface area contributed by atoms with Crippen LogP contribution in [0, 0.1) is 0 Å². The van der Waals surface area contributed by atoms with Crippen LogP contribution in [0.2, 0.25) is 0 Å². The van der Waals surface area contributed by atoms with Gasteiger partial charge in [0.05, 0.1) is 13.2 Å². The molecule has 2 rings (SSSR count). The molecular formula is C14H24N4O2. The lowest BCUT2D eigenvalue weighted by atomic mass is 10.3. The summed E-state index contributed by atoms with van der Waals surface area (Å²) in [5.74, 6) is 2.32. The Kier molecular flexibility index (Phi) is 5.40. The van der Waals surface area contributed by atoms with Crippen LogP contribution in [0.4, 0.5) is 11.6 Å². The molecule has 1 fully saturated rings. The summed E-state index contributed by atoms with van der Waals surface area (Å²) in [7, 11) is 1.66. The number of rotatable bonds is 5. The molecule has 1 saturated heterocycles. The molecule has 0 aromatic carbocycles. The van der Waals surface area contributed by atoms with Crippen molar-refractivity contribution in [3.63, 3.8) is 0 Å². The minimum Gasteiger partial charge on any atom is -0.490 e. The zero-order valence-corrected chi connectivity index (χ0v) is 12.6. The Morgan fingerprint density at radius 1 is 1.50 bits per heavy atom. The summed E-state index contributed by atoms with van der Waals surface area (Å²) in [5.41, 5.74) is 0. The molecule has 1 aliphatic rings. The highest BCUT2D eigenvalue weighted by molar-refractivity contribution is 5.64. The maximum Gasteiger partial charge on any atom is 0.204 e. The molecule has 0 spiro atoms. The van der Waals surface area contributed by atoms with Crippen LogP contribution < -0.4 is 15.0 Å². The monoisotopic (exact) mass is 280 g/mol. The average molecular weight is 280 g/mol. The minimum absolute atomic E-state index is 0.198. The fraction of sp³-hybridized carbons (Fsp3) is 0.714. The van der Waals surface area contributed by atoms with E-state index in [9.17, 15) is 0 Å². The number of nitrogens with zero attached hydrogens (tertiary/aromatic N) is 3. The highest BCUT2D eigenvalue weighted by atomic mass is 16.5. The zero-order chi connectivity index (χ0) is 14.4. The van der Waals surface area contributed by atoms with Crippen LogP contribution in [-0.4, -0.2) is 49.4 Å². The van der Waals surface area contributed by atoms with Gasteiger partial charge >= 0.3 is 0 Å². The molecule has 1 atom stereocenters. The molecule has 1 aromatic rings. The van der Waals surface area contributed by atoms with E-state index < -0.39 is 0 Å². The topological polar surface area (TPSA) is 59.5 Å². The lowest BCUT2D eigenvalue weighted by Crippen LogP contribution is -2.31. The fourth-order valence-corrected chi connectivity index (χ4v) is 2.33. The Bertz CT molecular complexity index is 428. The number of anilines is 2. The fourth-order valence-electron chi connectivity index (χ4n) is 2.33. The van der Waals surface area contributed by atoms with Gasteiger partial charge in [-0.3, -0.25) is 0 Å². The Hall–Kier alpha value is -1.56. The van der Waals surface area contributed by atoms with E-state index in [-0.39, 0.29) is 6.10 Å². The first-order valence-electron chi connectivity index (χ1n) is 7.25. The SMILES string of the molecule is CCCNc1ncnc(N2CCCOC(C)C2)c1OC. The third-order valence-corrected chi connectivity index (χ3v) is 3.28. The summed E-state index contributed by atoms with van der Waals surface area (Å²) in [4.78, 5) is 10.9. The van der Waals surface area contributed by atoms with Gasteiger partial charge in [-0.05, 0) is 19.8 Å². The molecule has 0 aliphatic carbocycles. The van der Waals surface area contributed by atoms with Crippen molar-refractivity contribution in [1.29, 1.82) is 0 Å². The number of methoxy groups -OCH3 is 1. The molecule has 6 nitrogen and oxygen atoms in total. The van der Waals surface area contributed by atoms with Crippen LogP contribution in [0.15, 0.2) is 6.33 Å². The first-order valence-corrected chi connectivity index (χ1v) is 7.25. The summed E-state index contributed by atoms with van der Waals surface area (Å²) in [5, 5.41) is 3.29. The third kappa shape index (κ3) is 3.50. The van der Waals surface area contributed by atoms with E-state index in [0.29, 0.717) is 0 Å². The number of ether oxygens (including phenoxy) is 2. The lowest BCUT2D eigenvalue weighted by molar-refractivity contribution is 0.0820. The Balaban J connectivity index is 2.24. The number of hydrogen-bond acceptors (Lipinski definition) is 6. The van der Waals surface area contributed by atoms with Gasteiger partial charge in [-0.2, -0.15) is 0 Å². The third-order valence-electron chi connectivity index (χ3n) is 3.28. The summed E-state index contributed by atoms with van der Waals surface area (Å²) < 4.78 is 11.2. The van der Waals surface area contributed by atoms with Gasteiger partial charge in [0.25, 0.3) is 0 Å². The van der Waals surface area contributed by atoms with Crippen molar-refractivity contribution in [1.82, 2.24) is 9.97 Å². The summed E-state index contributed by atoms with van der Waals surface area (Å²) in [6.07, 6.45) is 3.82. The minimum atomic E-state index is 0.198. The molecule has 6 heteroatoms. The Morgan fingerprint density at radius 2 is 2.35 bits per heavy atom. The molecule has 1 aromatic heterocycles. The van der Waals surface area contributed by atoms with Gasteiger partial charge in [-0.25, -0.2) is 9.97 Å². The second kappa shape index (κ2) is 7.28. The van der Waals surface area contributed by atoms with Crippen LogP contribution in [0.1, 0.15) is 26.7 Å². The summed E-state index contributed by atoms with van der Waals surface area (Å²) in [6, 6.07) is 0. The van der Waals surface area contributed by atoms with Gasteiger partial charge < -0.3 is 19.7 Å². The van der Waals surface area contributed by atoms with Crippen LogP contribution in [0.5, 0.6) is 5.75 Å². The van der Waals surface area contributed by atoms with E-state index in [2.05, 4.69) is 34.0 Å². The second-order valence-corrected chi connectivity index (χ2v) is 4.99. The van der Waals surface area contributed by atoms with E-state index >= 15 is 0 Å². The second-order valence-electron chi connectivity index (χ2n) is 4.99. The average Bonchev–Trinajstić information content (AvgIpc) is 2.69. The highest BCUT2D eigenvalue weighted by Crippen LogP contribution is 2.32. The predicted octanol–water partition coefficient (Wildman–Crippen LogP) is 1.92. The first kappa shape index (κ1) is 14.8. The molecular weight excluding hydrogens is 256 g/mol. The van der Waals surface area contributed by atoms with Crippen LogP contribution in [0.25, 0.3) is 0 Å².